The van der Waals surface area contributed by atoms with Gasteiger partial charge in [-0.3, -0.25) is 15.1 Å². The van der Waals surface area contributed by atoms with Gasteiger partial charge < -0.3 is 10.2 Å². The summed E-state index contributed by atoms with van der Waals surface area (Å²) >= 11 is 0. The van der Waals surface area contributed by atoms with E-state index < -0.39 is 10.7 Å². The molecule has 0 aliphatic heterocycles. The highest BCUT2D eigenvalue weighted by atomic mass is 19.1. The van der Waals surface area contributed by atoms with Crippen LogP contribution in [0.25, 0.3) is 0 Å². The number of nitro benzene ring substituents is 1. The van der Waals surface area contributed by atoms with Crippen molar-refractivity contribution in [2.45, 2.75) is 6.61 Å². The van der Waals surface area contributed by atoms with Gasteiger partial charge in [0.2, 0.25) is 0 Å². The third-order valence-electron chi connectivity index (χ3n) is 2.36. The lowest BCUT2D eigenvalue weighted by Crippen LogP contribution is -2.09. The molecule has 1 aromatic carbocycles. The molecule has 0 atom stereocenters. The van der Waals surface area contributed by atoms with E-state index in [9.17, 15) is 14.5 Å². The first kappa shape index (κ1) is 13.6. The third kappa shape index (κ3) is 3.14. The zero-order valence-corrected chi connectivity index (χ0v) is 10.1. The topological polar surface area (TPSA) is 116 Å². The second kappa shape index (κ2) is 5.89. The molecule has 0 saturated heterocycles. The van der Waals surface area contributed by atoms with Crippen molar-refractivity contribution in [1.29, 1.82) is 0 Å². The fraction of sp³-hybridized carbons (Fsp3) is 0.0909. The van der Waals surface area contributed by atoms with Gasteiger partial charge in [-0.2, -0.15) is 0 Å². The van der Waals surface area contributed by atoms with Crippen LogP contribution < -0.4 is 16.0 Å². The average molecular weight is 279 g/mol. The SMILES string of the molecule is NNc1cnc(COc2ccc([N+](=O)[O-])cc2F)cn1. The van der Waals surface area contributed by atoms with Gasteiger partial charge in [0.1, 0.15) is 6.61 Å². The molecule has 104 valence electrons. The first-order valence-electron chi connectivity index (χ1n) is 5.44. The number of hydrazine groups is 1. The lowest BCUT2D eigenvalue weighted by atomic mass is 10.3. The van der Waals surface area contributed by atoms with Gasteiger partial charge in [-0.15, -0.1) is 0 Å². The minimum absolute atomic E-state index is 0.0212. The predicted molar refractivity (Wildman–Crippen MR) is 67.2 cm³/mol. The molecule has 2 aromatic rings. The number of benzene rings is 1. The minimum Gasteiger partial charge on any atom is -0.484 e. The molecule has 1 aromatic heterocycles. The van der Waals surface area contributed by atoms with E-state index in [1.165, 1.54) is 18.5 Å². The van der Waals surface area contributed by atoms with Crippen molar-refractivity contribution in [3.8, 4) is 5.75 Å². The van der Waals surface area contributed by atoms with Crippen LogP contribution in [0.4, 0.5) is 15.9 Å². The highest BCUT2D eigenvalue weighted by Gasteiger charge is 2.11. The molecule has 0 unspecified atom stereocenters. The Balaban J connectivity index is 2.04. The molecule has 0 fully saturated rings. The monoisotopic (exact) mass is 279 g/mol. The number of rotatable bonds is 5. The van der Waals surface area contributed by atoms with Crippen molar-refractivity contribution >= 4 is 11.5 Å². The maximum absolute atomic E-state index is 13.5. The standard InChI is InChI=1S/C11H10FN5O3/c12-9-3-8(17(18)19)1-2-10(9)20-6-7-4-15-11(16-13)5-14-7/h1-5H,6,13H2,(H,15,16). The van der Waals surface area contributed by atoms with Gasteiger partial charge in [0.25, 0.3) is 5.69 Å². The van der Waals surface area contributed by atoms with Crippen molar-refractivity contribution < 1.29 is 14.1 Å². The zero-order valence-electron chi connectivity index (χ0n) is 10.1. The van der Waals surface area contributed by atoms with Crippen LogP contribution >= 0.6 is 0 Å². The van der Waals surface area contributed by atoms with Gasteiger partial charge in [0.15, 0.2) is 17.4 Å². The Labute approximate surface area is 112 Å². The molecule has 0 aliphatic rings. The summed E-state index contributed by atoms with van der Waals surface area (Å²) in [5.41, 5.74) is 2.44. The van der Waals surface area contributed by atoms with Crippen molar-refractivity contribution in [1.82, 2.24) is 9.97 Å². The van der Waals surface area contributed by atoms with E-state index >= 15 is 0 Å². The maximum Gasteiger partial charge on any atom is 0.272 e. The van der Waals surface area contributed by atoms with Crippen LogP contribution in [0.5, 0.6) is 5.75 Å². The van der Waals surface area contributed by atoms with E-state index in [0.717, 1.165) is 12.1 Å². The van der Waals surface area contributed by atoms with Crippen molar-refractivity contribution in [3.63, 3.8) is 0 Å². The summed E-state index contributed by atoms with van der Waals surface area (Å²) in [4.78, 5) is 17.7. The van der Waals surface area contributed by atoms with E-state index in [2.05, 4.69) is 15.4 Å². The fourth-order valence-electron chi connectivity index (χ4n) is 1.38. The second-order valence-corrected chi connectivity index (χ2v) is 3.70. The van der Waals surface area contributed by atoms with Crippen LogP contribution in [0.15, 0.2) is 30.6 Å². The molecular formula is C11H10FN5O3. The van der Waals surface area contributed by atoms with E-state index in [4.69, 9.17) is 10.6 Å². The summed E-state index contributed by atoms with van der Waals surface area (Å²) in [5.74, 6) is 4.61. The number of nitrogens with two attached hydrogens (primary N) is 1. The maximum atomic E-state index is 13.5. The first-order valence-corrected chi connectivity index (χ1v) is 5.44. The largest absolute Gasteiger partial charge is 0.484 e. The van der Waals surface area contributed by atoms with Crippen molar-refractivity contribution in [2.75, 3.05) is 5.43 Å². The van der Waals surface area contributed by atoms with Crippen LogP contribution in [-0.4, -0.2) is 14.9 Å². The molecular weight excluding hydrogens is 269 g/mol. The van der Waals surface area contributed by atoms with Crippen molar-refractivity contribution in [3.05, 3.63) is 52.2 Å². The normalized spacial score (nSPS) is 10.1. The van der Waals surface area contributed by atoms with Crippen LogP contribution in [0.2, 0.25) is 0 Å². The van der Waals surface area contributed by atoms with E-state index in [0.29, 0.717) is 11.5 Å². The lowest BCUT2D eigenvalue weighted by molar-refractivity contribution is -0.385. The van der Waals surface area contributed by atoms with Crippen LogP contribution in [0.3, 0.4) is 0 Å². The third-order valence-corrected chi connectivity index (χ3v) is 2.36. The van der Waals surface area contributed by atoms with Gasteiger partial charge in [-0.05, 0) is 6.07 Å². The zero-order chi connectivity index (χ0) is 14.5. The first-order chi connectivity index (χ1) is 9.60. The van der Waals surface area contributed by atoms with Gasteiger partial charge in [-0.1, -0.05) is 0 Å². The average Bonchev–Trinajstić information content (AvgIpc) is 2.46. The minimum atomic E-state index is -0.813. The summed E-state index contributed by atoms with van der Waals surface area (Å²) in [6.07, 6.45) is 2.81. The number of non-ortho nitro benzene ring substituents is 1. The molecule has 0 spiro atoms. The smallest absolute Gasteiger partial charge is 0.272 e. The Morgan fingerprint density at radius 2 is 2.20 bits per heavy atom. The molecule has 20 heavy (non-hydrogen) atoms. The number of hydrogen-bond acceptors (Lipinski definition) is 7. The number of ether oxygens (including phenoxy) is 1. The summed E-state index contributed by atoms with van der Waals surface area (Å²) in [7, 11) is 0. The van der Waals surface area contributed by atoms with E-state index in [1.54, 1.807) is 0 Å². The van der Waals surface area contributed by atoms with Crippen molar-refractivity contribution in [2.24, 2.45) is 5.84 Å². The van der Waals surface area contributed by atoms with E-state index in [-0.39, 0.29) is 18.0 Å². The molecule has 0 amide bonds. The number of halogens is 1. The Morgan fingerprint density at radius 3 is 2.75 bits per heavy atom. The number of nitrogens with zero attached hydrogens (tertiary/aromatic N) is 3. The van der Waals surface area contributed by atoms with Gasteiger partial charge in [0.05, 0.1) is 29.1 Å². The van der Waals surface area contributed by atoms with Gasteiger partial charge in [0, 0.05) is 6.07 Å². The fourth-order valence-corrected chi connectivity index (χ4v) is 1.38. The second-order valence-electron chi connectivity index (χ2n) is 3.70. The molecule has 0 saturated carbocycles. The molecule has 8 nitrogen and oxygen atoms in total. The summed E-state index contributed by atoms with van der Waals surface area (Å²) in [6, 6.07) is 3.14. The highest BCUT2D eigenvalue weighted by Crippen LogP contribution is 2.23. The molecule has 0 radical (unpaired) electrons. The number of nitrogen functional groups attached to an aromatic ring is 1. The Hall–Kier alpha value is -2.81. The number of nitrogens with one attached hydrogen (secondary N) is 1. The van der Waals surface area contributed by atoms with Crippen LogP contribution in [-0.2, 0) is 6.61 Å². The molecule has 2 rings (SSSR count). The quantitative estimate of drug-likeness (QED) is 0.482. The summed E-state index contributed by atoms with van der Waals surface area (Å²) in [6.45, 7) is -0.0212. The van der Waals surface area contributed by atoms with E-state index in [1.807, 2.05) is 0 Å². The molecule has 9 heteroatoms. The number of hydrogen-bond donors (Lipinski definition) is 2. The van der Waals surface area contributed by atoms with Gasteiger partial charge in [-0.25, -0.2) is 15.2 Å². The molecule has 0 bridgehead atoms. The Morgan fingerprint density at radius 1 is 1.40 bits per heavy atom. The van der Waals surface area contributed by atoms with Crippen LogP contribution in [0, 0.1) is 15.9 Å². The van der Waals surface area contributed by atoms with Crippen LogP contribution in [0.1, 0.15) is 5.69 Å². The molecule has 0 aliphatic carbocycles. The number of aromatic nitrogens is 2. The lowest BCUT2D eigenvalue weighted by Gasteiger charge is -2.06. The summed E-state index contributed by atoms with van der Waals surface area (Å²) in [5, 5.41) is 10.5. The predicted octanol–water partition coefficient (Wildman–Crippen LogP) is 1.39. The molecule has 3 N–H and O–H groups in total. The Bertz CT molecular complexity index is 620. The highest BCUT2D eigenvalue weighted by molar-refractivity contribution is 5.37. The molecule has 1 heterocycles. The number of anilines is 1. The number of nitro groups is 1. The van der Waals surface area contributed by atoms with Gasteiger partial charge >= 0.3 is 0 Å². The summed E-state index contributed by atoms with van der Waals surface area (Å²) < 4.78 is 18.7. The Kier molecular flexibility index (Phi) is 4.01.